The van der Waals surface area contributed by atoms with Gasteiger partial charge in [0.25, 0.3) is 0 Å². The van der Waals surface area contributed by atoms with Crippen LogP contribution in [0.3, 0.4) is 0 Å². The van der Waals surface area contributed by atoms with Crippen molar-refractivity contribution in [3.8, 4) is 0 Å². The Balaban J connectivity index is 2.06. The van der Waals surface area contributed by atoms with Gasteiger partial charge in [-0.05, 0) is 62.7 Å². The van der Waals surface area contributed by atoms with Crippen molar-refractivity contribution in [1.29, 1.82) is 0 Å². The molecule has 6 nitrogen and oxygen atoms in total. The highest BCUT2D eigenvalue weighted by molar-refractivity contribution is 7.92. The highest BCUT2D eigenvalue weighted by atomic mass is 35.5. The molecule has 1 aliphatic carbocycles. The molecule has 3 rings (SSSR count). The van der Waals surface area contributed by atoms with Gasteiger partial charge in [0.1, 0.15) is 22.7 Å². The van der Waals surface area contributed by atoms with Crippen molar-refractivity contribution >= 4 is 45.4 Å². The number of amides is 1. The van der Waals surface area contributed by atoms with Gasteiger partial charge in [-0.25, -0.2) is 13.2 Å². The van der Waals surface area contributed by atoms with Gasteiger partial charge in [0.05, 0.1) is 4.90 Å². The number of rotatable bonds is 5. The van der Waals surface area contributed by atoms with Gasteiger partial charge in [-0.15, -0.1) is 0 Å². The van der Waals surface area contributed by atoms with Gasteiger partial charge in [0.2, 0.25) is 0 Å². The van der Waals surface area contributed by atoms with E-state index in [1.807, 2.05) is 0 Å². The smallest absolute Gasteiger partial charge is 0.408 e. The number of carbonyl (C=O) groups is 2. The summed E-state index contributed by atoms with van der Waals surface area (Å²) in [7, 11) is -4.00. The van der Waals surface area contributed by atoms with Gasteiger partial charge in [-0.2, -0.15) is 0 Å². The molecular weight excluding hydrogens is 449 g/mol. The molecule has 0 aliphatic heterocycles. The molecule has 0 radical (unpaired) electrons. The Hall–Kier alpha value is -2.09. The Morgan fingerprint density at radius 3 is 2.27 bits per heavy atom. The lowest BCUT2D eigenvalue weighted by Crippen LogP contribution is -2.45. The Morgan fingerprint density at radius 2 is 1.73 bits per heavy atom. The minimum absolute atomic E-state index is 0.00126. The Bertz CT molecular complexity index is 1080. The first-order valence-corrected chi connectivity index (χ1v) is 11.4. The first-order chi connectivity index (χ1) is 13.9. The van der Waals surface area contributed by atoms with Gasteiger partial charge in [0.15, 0.2) is 9.84 Å². The van der Waals surface area contributed by atoms with Crippen LogP contribution >= 0.6 is 23.2 Å². The quantitative estimate of drug-likeness (QED) is 0.655. The van der Waals surface area contributed by atoms with Crippen LogP contribution in [0.15, 0.2) is 53.4 Å². The van der Waals surface area contributed by atoms with Crippen LogP contribution < -0.4 is 5.32 Å². The van der Waals surface area contributed by atoms with Gasteiger partial charge >= 0.3 is 6.09 Å². The van der Waals surface area contributed by atoms with E-state index in [0.717, 1.165) is 0 Å². The molecule has 1 N–H and O–H groups in total. The van der Waals surface area contributed by atoms with Gasteiger partial charge < -0.3 is 14.8 Å². The number of hydrogen-bond donors (Lipinski definition) is 1. The zero-order chi connectivity index (χ0) is 22.3. The maximum Gasteiger partial charge on any atom is 0.408 e. The summed E-state index contributed by atoms with van der Waals surface area (Å²) < 4.78 is 32.0. The molecule has 1 fully saturated rings. The zero-order valence-corrected chi connectivity index (χ0v) is 18.9. The number of aldehydes is 1. The minimum Gasteiger partial charge on any atom is -0.444 e. The van der Waals surface area contributed by atoms with E-state index in [1.54, 1.807) is 45.0 Å². The second-order valence-corrected chi connectivity index (χ2v) is 11.1. The second-order valence-electron chi connectivity index (χ2n) is 8.13. The third-order valence-corrected chi connectivity index (χ3v) is 7.52. The van der Waals surface area contributed by atoms with Crippen molar-refractivity contribution in [3.63, 3.8) is 0 Å². The number of hydrogen-bond acceptors (Lipinski definition) is 5. The predicted octanol–water partition coefficient (Wildman–Crippen LogP) is 4.40. The summed E-state index contributed by atoms with van der Waals surface area (Å²) in [4.78, 5) is 24.7. The van der Waals surface area contributed by atoms with Crippen molar-refractivity contribution in [3.05, 3.63) is 64.1 Å². The summed E-state index contributed by atoms with van der Waals surface area (Å²) in [5.74, 6) is -0.832. The monoisotopic (exact) mass is 469 g/mol. The fourth-order valence-electron chi connectivity index (χ4n) is 3.53. The maximum absolute atomic E-state index is 13.4. The van der Waals surface area contributed by atoms with Crippen LogP contribution in [0.4, 0.5) is 4.79 Å². The van der Waals surface area contributed by atoms with Crippen LogP contribution in [0, 0.1) is 0 Å². The van der Waals surface area contributed by atoms with Gasteiger partial charge in [-0.3, -0.25) is 0 Å². The van der Waals surface area contributed by atoms with Crippen molar-refractivity contribution in [2.45, 2.75) is 48.0 Å². The normalized spacial score (nSPS) is 23.5. The summed E-state index contributed by atoms with van der Waals surface area (Å²) in [6.45, 7) is 5.01. The molecule has 0 aromatic heterocycles. The molecule has 2 aromatic rings. The molecule has 1 saturated carbocycles. The third kappa shape index (κ3) is 4.33. The molecule has 0 heterocycles. The van der Waals surface area contributed by atoms with Crippen LogP contribution in [-0.2, 0) is 19.4 Å². The minimum atomic E-state index is -4.00. The lowest BCUT2D eigenvalue weighted by atomic mass is 10.1. The lowest BCUT2D eigenvalue weighted by Gasteiger charge is -2.22. The van der Waals surface area contributed by atoms with Gasteiger partial charge in [-0.1, -0.05) is 35.3 Å². The first-order valence-electron chi connectivity index (χ1n) is 9.13. The number of ether oxygens (including phenoxy) is 1. The highest BCUT2D eigenvalue weighted by Gasteiger charge is 2.73. The van der Waals surface area contributed by atoms with Gasteiger partial charge in [0, 0.05) is 16.0 Å². The average Bonchev–Trinajstić information content (AvgIpc) is 3.30. The molecule has 160 valence electrons. The molecule has 30 heavy (non-hydrogen) atoms. The van der Waals surface area contributed by atoms with Crippen LogP contribution in [-0.4, -0.2) is 37.2 Å². The van der Waals surface area contributed by atoms with E-state index in [9.17, 15) is 18.0 Å². The highest BCUT2D eigenvalue weighted by Crippen LogP contribution is 2.56. The van der Waals surface area contributed by atoms with E-state index in [0.29, 0.717) is 21.9 Å². The first kappa shape index (κ1) is 22.6. The fourth-order valence-corrected chi connectivity index (χ4v) is 6.10. The number of alkyl carbamates (subject to hydrolysis) is 1. The van der Waals surface area contributed by atoms with E-state index in [-0.39, 0.29) is 4.90 Å². The Morgan fingerprint density at radius 1 is 1.10 bits per heavy atom. The lowest BCUT2D eigenvalue weighted by molar-refractivity contribution is -0.110. The number of sulfone groups is 1. The van der Waals surface area contributed by atoms with E-state index in [4.69, 9.17) is 27.9 Å². The molecule has 1 amide bonds. The predicted molar refractivity (Wildman–Crippen MR) is 115 cm³/mol. The molecule has 3 atom stereocenters. The Kier molecular flexibility index (Phi) is 5.93. The molecule has 9 heteroatoms. The standard InChI is InChI=1S/C21H21Cl2NO5S/c1-20(2,3)29-19(26)24-21(12-25)17(13-5-4-6-15(23)11-13)18(21)30(27,28)16-9-7-14(22)8-10-16/h4-12,17-18H,1-3H3,(H,24,26)/t17-,18+,21+/m0/s1. The van der Waals surface area contributed by atoms with Crippen LogP contribution in [0.25, 0.3) is 0 Å². The third-order valence-electron chi connectivity index (χ3n) is 4.78. The van der Waals surface area contributed by atoms with Crippen LogP contribution in [0.2, 0.25) is 10.0 Å². The molecule has 0 bridgehead atoms. The maximum atomic E-state index is 13.4. The summed E-state index contributed by atoms with van der Waals surface area (Å²) in [6.07, 6.45) is -0.420. The van der Waals surface area contributed by atoms with Crippen molar-refractivity contribution in [2.24, 2.45) is 0 Å². The molecular formula is C21H21Cl2NO5S. The summed E-state index contributed by atoms with van der Waals surface area (Å²) in [6, 6.07) is 12.2. The van der Waals surface area contributed by atoms with Crippen LogP contribution in [0.5, 0.6) is 0 Å². The van der Waals surface area contributed by atoms with Crippen molar-refractivity contribution in [2.75, 3.05) is 0 Å². The molecule has 0 unspecified atom stereocenters. The summed E-state index contributed by atoms with van der Waals surface area (Å²) in [5.41, 5.74) is -1.99. The van der Waals surface area contributed by atoms with Crippen molar-refractivity contribution < 1.29 is 22.7 Å². The van der Waals surface area contributed by atoms with Crippen LogP contribution in [0.1, 0.15) is 32.3 Å². The average molecular weight is 470 g/mol. The summed E-state index contributed by atoms with van der Waals surface area (Å²) >= 11 is 12.0. The SMILES string of the molecule is CC(C)(C)OC(=O)N[C@@]1(C=O)[C@H](S(=O)(=O)c2ccc(Cl)cc2)[C@@H]1c1cccc(Cl)c1. The van der Waals surface area contributed by atoms with E-state index in [2.05, 4.69) is 5.32 Å². The van der Waals surface area contributed by atoms with Crippen molar-refractivity contribution in [1.82, 2.24) is 5.32 Å². The molecule has 1 aliphatic rings. The number of carbonyl (C=O) groups excluding carboxylic acids is 2. The number of nitrogens with one attached hydrogen (secondary N) is 1. The number of halogens is 2. The van der Waals surface area contributed by atoms with E-state index >= 15 is 0 Å². The molecule has 0 saturated heterocycles. The largest absolute Gasteiger partial charge is 0.444 e. The summed E-state index contributed by atoms with van der Waals surface area (Å²) in [5, 5.41) is 2.04. The van der Waals surface area contributed by atoms with E-state index < -0.39 is 38.2 Å². The molecule has 0 spiro atoms. The topological polar surface area (TPSA) is 89.5 Å². The Labute approximate surface area is 185 Å². The fraction of sp³-hybridized carbons (Fsp3) is 0.333. The van der Waals surface area contributed by atoms with E-state index in [1.165, 1.54) is 24.3 Å². The number of benzene rings is 2. The zero-order valence-electron chi connectivity index (χ0n) is 16.6. The second kappa shape index (κ2) is 7.87. The molecule has 2 aromatic carbocycles.